The molecule has 2 rings (SSSR count). The molecule has 0 aromatic heterocycles. The Balaban J connectivity index is 2.18. The van der Waals surface area contributed by atoms with E-state index in [9.17, 15) is 13.2 Å². The summed E-state index contributed by atoms with van der Waals surface area (Å²) in [4.78, 5) is 0. The Kier molecular flexibility index (Phi) is 3.87. The zero-order chi connectivity index (χ0) is 14.2. The Morgan fingerprint density at radius 2 is 1.84 bits per heavy atom. The van der Waals surface area contributed by atoms with Crippen LogP contribution in [0.2, 0.25) is 0 Å². The molecule has 1 aromatic carbocycles. The van der Waals surface area contributed by atoms with Gasteiger partial charge in [0.05, 0.1) is 12.1 Å². The second-order valence-corrected chi connectivity index (χ2v) is 5.15. The zero-order valence-corrected chi connectivity index (χ0v) is 10.9. The fourth-order valence-electron chi connectivity index (χ4n) is 2.57. The summed E-state index contributed by atoms with van der Waals surface area (Å²) < 4.78 is 42.8. The van der Waals surface area contributed by atoms with E-state index in [4.69, 9.17) is 10.5 Å². The Morgan fingerprint density at radius 3 is 2.42 bits per heavy atom. The van der Waals surface area contributed by atoms with Gasteiger partial charge in [-0.3, -0.25) is 0 Å². The number of fused-ring (bicyclic) bond motifs is 1. The lowest BCUT2D eigenvalue weighted by atomic mass is 9.79. The molecular weight excluding hydrogens is 255 g/mol. The van der Waals surface area contributed by atoms with E-state index in [1.165, 1.54) is 0 Å². The lowest BCUT2D eigenvalue weighted by Crippen LogP contribution is -2.40. The highest BCUT2D eigenvalue weighted by molar-refractivity contribution is 5.35. The van der Waals surface area contributed by atoms with E-state index in [0.717, 1.165) is 18.1 Å². The van der Waals surface area contributed by atoms with E-state index in [-0.39, 0.29) is 5.92 Å². The van der Waals surface area contributed by atoms with Gasteiger partial charge in [-0.15, -0.1) is 0 Å². The number of benzene rings is 1. The number of ether oxygens (including phenoxy) is 1. The smallest absolute Gasteiger partial charge is 0.364 e. The largest absolute Gasteiger partial charge is 0.414 e. The van der Waals surface area contributed by atoms with Gasteiger partial charge in [-0.25, -0.2) is 0 Å². The first-order chi connectivity index (χ1) is 8.80. The molecule has 0 radical (unpaired) electrons. The minimum atomic E-state index is -4.35. The van der Waals surface area contributed by atoms with Crippen molar-refractivity contribution < 1.29 is 17.9 Å². The molecule has 0 aliphatic heterocycles. The summed E-state index contributed by atoms with van der Waals surface area (Å²) in [6.07, 6.45) is -6.22. The number of alkyl halides is 3. The molecule has 1 aliphatic rings. The normalized spacial score (nSPS) is 28.8. The van der Waals surface area contributed by atoms with Crippen LogP contribution < -0.4 is 5.73 Å². The minimum Gasteiger partial charge on any atom is -0.364 e. The monoisotopic (exact) mass is 273 g/mol. The maximum atomic E-state index is 12.6. The fourth-order valence-corrected chi connectivity index (χ4v) is 2.57. The van der Waals surface area contributed by atoms with Crippen molar-refractivity contribution in [3.8, 4) is 0 Å². The third-order valence-corrected chi connectivity index (χ3v) is 3.71. The van der Waals surface area contributed by atoms with Crippen LogP contribution >= 0.6 is 0 Å². The highest BCUT2D eigenvalue weighted by Gasteiger charge is 2.41. The summed E-state index contributed by atoms with van der Waals surface area (Å²) in [7, 11) is 0. The Hall–Kier alpha value is -1.07. The molecule has 5 heteroatoms. The van der Waals surface area contributed by atoms with E-state index in [1.807, 2.05) is 31.2 Å². The second-order valence-electron chi connectivity index (χ2n) is 5.15. The molecule has 4 atom stereocenters. The molecule has 2 N–H and O–H groups in total. The van der Waals surface area contributed by atoms with Gasteiger partial charge in [0.1, 0.15) is 0 Å². The number of rotatable bonds is 2. The summed E-state index contributed by atoms with van der Waals surface area (Å²) in [5, 5.41) is 0. The molecule has 0 fully saturated rings. The molecule has 0 spiro atoms. The fraction of sp³-hybridized carbons (Fsp3) is 0.571. The molecule has 1 aliphatic carbocycles. The van der Waals surface area contributed by atoms with Gasteiger partial charge >= 0.3 is 6.18 Å². The molecule has 0 saturated carbocycles. The van der Waals surface area contributed by atoms with Crippen LogP contribution in [0.3, 0.4) is 0 Å². The summed E-state index contributed by atoms with van der Waals surface area (Å²) in [5.74, 6) is 0.154. The molecule has 1 aromatic rings. The lowest BCUT2D eigenvalue weighted by Gasteiger charge is -2.36. The average Bonchev–Trinajstić information content (AvgIpc) is 2.34. The topological polar surface area (TPSA) is 35.2 Å². The molecule has 0 amide bonds. The van der Waals surface area contributed by atoms with Crippen molar-refractivity contribution in [1.82, 2.24) is 0 Å². The van der Waals surface area contributed by atoms with Crippen molar-refractivity contribution in [1.29, 1.82) is 0 Å². The Labute approximate surface area is 110 Å². The first kappa shape index (κ1) is 14.3. The van der Waals surface area contributed by atoms with Crippen molar-refractivity contribution in [3.05, 3.63) is 35.4 Å². The molecule has 2 nitrogen and oxygen atoms in total. The highest BCUT2D eigenvalue weighted by atomic mass is 19.4. The van der Waals surface area contributed by atoms with E-state index in [1.54, 1.807) is 0 Å². The summed E-state index contributed by atoms with van der Waals surface area (Å²) in [6.45, 7) is 3.01. The van der Waals surface area contributed by atoms with Crippen LogP contribution in [0.15, 0.2) is 24.3 Å². The van der Waals surface area contributed by atoms with Gasteiger partial charge in [0, 0.05) is 0 Å². The number of hydrogen-bond donors (Lipinski definition) is 1. The number of halogens is 3. The SMILES string of the molecule is CC1CC(OC(C)C(F)(F)F)C(N)c2ccccc21. The third kappa shape index (κ3) is 2.92. The van der Waals surface area contributed by atoms with Crippen molar-refractivity contribution >= 4 is 0 Å². The second kappa shape index (κ2) is 5.13. The minimum absolute atomic E-state index is 0.154. The van der Waals surface area contributed by atoms with Gasteiger partial charge in [0.25, 0.3) is 0 Å². The van der Waals surface area contributed by atoms with Gasteiger partial charge in [0.15, 0.2) is 6.10 Å². The maximum absolute atomic E-state index is 12.6. The van der Waals surface area contributed by atoms with Crippen molar-refractivity contribution in [2.45, 2.75) is 50.6 Å². The van der Waals surface area contributed by atoms with Crippen LogP contribution in [-0.4, -0.2) is 18.4 Å². The molecule has 0 saturated heterocycles. The molecular formula is C14H18F3NO. The van der Waals surface area contributed by atoms with Crippen molar-refractivity contribution in [2.24, 2.45) is 5.73 Å². The summed E-state index contributed by atoms with van der Waals surface area (Å²) in [6, 6.07) is 7.10. The third-order valence-electron chi connectivity index (χ3n) is 3.71. The number of nitrogens with two attached hydrogens (primary N) is 1. The predicted octanol–water partition coefficient (Wildman–Crippen LogP) is 3.53. The maximum Gasteiger partial charge on any atom is 0.414 e. The Bertz CT molecular complexity index is 447. The Morgan fingerprint density at radius 1 is 1.26 bits per heavy atom. The summed E-state index contributed by atoms with van der Waals surface area (Å²) in [5.41, 5.74) is 8.05. The number of hydrogen-bond acceptors (Lipinski definition) is 2. The lowest BCUT2D eigenvalue weighted by molar-refractivity contribution is -0.230. The molecule has 106 valence electrons. The van der Waals surface area contributed by atoms with Gasteiger partial charge in [-0.1, -0.05) is 31.2 Å². The van der Waals surface area contributed by atoms with Gasteiger partial charge in [0.2, 0.25) is 0 Å². The van der Waals surface area contributed by atoms with E-state index < -0.39 is 24.4 Å². The van der Waals surface area contributed by atoms with Gasteiger partial charge < -0.3 is 10.5 Å². The first-order valence-corrected chi connectivity index (χ1v) is 6.37. The van der Waals surface area contributed by atoms with Crippen LogP contribution in [0.1, 0.15) is 43.4 Å². The van der Waals surface area contributed by atoms with Gasteiger partial charge in [-0.05, 0) is 30.4 Å². The average molecular weight is 273 g/mol. The van der Waals surface area contributed by atoms with Crippen molar-refractivity contribution in [2.75, 3.05) is 0 Å². The van der Waals surface area contributed by atoms with Gasteiger partial charge in [-0.2, -0.15) is 13.2 Å². The van der Waals surface area contributed by atoms with Crippen LogP contribution in [-0.2, 0) is 4.74 Å². The quantitative estimate of drug-likeness (QED) is 0.894. The van der Waals surface area contributed by atoms with Crippen molar-refractivity contribution in [3.63, 3.8) is 0 Å². The van der Waals surface area contributed by atoms with Crippen LogP contribution in [0.4, 0.5) is 13.2 Å². The van der Waals surface area contributed by atoms with Crippen LogP contribution in [0, 0.1) is 0 Å². The predicted molar refractivity (Wildman–Crippen MR) is 66.8 cm³/mol. The molecule has 0 heterocycles. The molecule has 19 heavy (non-hydrogen) atoms. The highest BCUT2D eigenvalue weighted by Crippen LogP contribution is 2.39. The standard InChI is InChI=1S/C14H18F3NO/c1-8-7-12(19-9(2)14(15,16)17)13(18)11-6-4-3-5-10(8)11/h3-6,8-9,12-13H,7,18H2,1-2H3. The summed E-state index contributed by atoms with van der Waals surface area (Å²) >= 11 is 0. The van der Waals surface area contributed by atoms with E-state index in [2.05, 4.69) is 0 Å². The molecule has 4 unspecified atom stereocenters. The zero-order valence-electron chi connectivity index (χ0n) is 10.9. The van der Waals surface area contributed by atoms with Crippen LogP contribution in [0.5, 0.6) is 0 Å². The van der Waals surface area contributed by atoms with E-state index in [0.29, 0.717) is 6.42 Å². The van der Waals surface area contributed by atoms with Crippen LogP contribution in [0.25, 0.3) is 0 Å². The first-order valence-electron chi connectivity index (χ1n) is 6.37. The molecule has 0 bridgehead atoms. The van der Waals surface area contributed by atoms with E-state index >= 15 is 0 Å².